The Hall–Kier alpha value is -11.9. The van der Waals surface area contributed by atoms with Gasteiger partial charge in [-0.3, -0.25) is 38.4 Å². The van der Waals surface area contributed by atoms with Crippen molar-refractivity contribution < 1.29 is 134 Å². The normalized spacial score (nSPS) is 16.1. The summed E-state index contributed by atoms with van der Waals surface area (Å²) in [7, 11) is -19.6. The molecule has 12 rings (SSSR count). The third-order valence-electron chi connectivity index (χ3n) is 16.2. The van der Waals surface area contributed by atoms with Gasteiger partial charge in [-0.25, -0.2) is 52.5 Å². The number of aryl methyl sites for hydroxylation is 12. The van der Waals surface area contributed by atoms with Gasteiger partial charge in [-0.2, -0.15) is 0 Å². The fourth-order valence-electron chi connectivity index (χ4n) is 10.3. The maximum Gasteiger partial charge on any atom is 0.267 e. The Kier molecular flexibility index (Phi) is 17.5. The van der Waals surface area contributed by atoms with Crippen molar-refractivity contribution in [1.29, 1.82) is 0 Å². The van der Waals surface area contributed by atoms with E-state index in [-0.39, 0.29) is 79.5 Å². The van der Waals surface area contributed by atoms with Crippen LogP contribution in [0.1, 0.15) is 230 Å². The Morgan fingerprint density at radius 1 is 0.317 bits per heavy atom. The quantitative estimate of drug-likeness (QED) is 0.0260. The molecule has 4 amide bonds. The van der Waals surface area contributed by atoms with E-state index in [1.807, 2.05) is 0 Å². The number of rotatable bonds is 24. The number of hydrogen-bond acceptors (Lipinski definition) is 28. The van der Waals surface area contributed by atoms with Crippen molar-refractivity contribution in [3.63, 3.8) is 0 Å². The minimum Gasteiger partial charge on any atom is -0.337 e. The molecule has 0 radical (unpaired) electrons. The molecule has 0 aliphatic rings. The molecule has 0 saturated carbocycles. The van der Waals surface area contributed by atoms with Gasteiger partial charge in [0, 0.05) is 77.4 Å². The lowest BCUT2D eigenvalue weighted by atomic mass is 10.0. The van der Waals surface area contributed by atoms with Crippen LogP contribution in [0.3, 0.4) is 0 Å². The summed E-state index contributed by atoms with van der Waals surface area (Å²) in [5.41, 5.74) is -5.80. The number of benzene rings is 4. The number of carbonyl (C=O) groups is 8. The monoisotopic (exact) mass is 1820 g/mol. The highest BCUT2D eigenvalue weighted by Gasteiger charge is 2.33. The van der Waals surface area contributed by atoms with Crippen molar-refractivity contribution in [1.82, 2.24) is 20.6 Å². The Bertz CT molecular complexity index is 7930. The molecule has 32 nitrogen and oxygen atoms in total. The van der Waals surface area contributed by atoms with Crippen LogP contribution in [0.5, 0.6) is 0 Å². The number of nitrogens with zero attached hydrogens (tertiary/aromatic N) is 4. The van der Waals surface area contributed by atoms with E-state index < -0.39 is 261 Å². The van der Waals surface area contributed by atoms with Gasteiger partial charge in [-0.05, 0) is 252 Å². The van der Waals surface area contributed by atoms with Crippen LogP contribution in [-0.2, 0) is 40.1 Å². The molecule has 0 atom stereocenters. The summed E-state index contributed by atoms with van der Waals surface area (Å²) in [5.74, 6) is -10.6. The van der Waals surface area contributed by atoms with E-state index in [9.17, 15) is 72.0 Å². The first-order valence-corrected chi connectivity index (χ1v) is 42.8. The topological polar surface area (TPSA) is 473 Å². The molecule has 0 aliphatic carbocycles. The van der Waals surface area contributed by atoms with E-state index >= 15 is 0 Å². The molecule has 8 aromatic heterocycles. The van der Waals surface area contributed by atoms with Crippen molar-refractivity contribution in [2.75, 3.05) is 40.1 Å². The third-order valence-corrected chi connectivity index (χ3v) is 25.6. The number of hydrogen-bond donors (Lipinski definition) is 8. The summed E-state index contributed by atoms with van der Waals surface area (Å²) in [6.07, 6.45) is 0. The van der Waals surface area contributed by atoms with E-state index in [0.29, 0.717) is 67.0 Å². The minimum absolute atomic E-state index is 0.0148. The maximum absolute atomic E-state index is 13.5. The fourth-order valence-corrected chi connectivity index (χ4v) is 19.3. The van der Waals surface area contributed by atoms with Crippen molar-refractivity contribution in [3.8, 4) is 0 Å². The van der Waals surface area contributed by atoms with Gasteiger partial charge in [0.15, 0.2) is 34.4 Å². The number of aromatic nitrogens is 4. The molecule has 0 spiro atoms. The molecule has 8 heterocycles. The Morgan fingerprint density at radius 3 is 0.817 bits per heavy atom. The molecular formula is C80H84N12O20S8. The third kappa shape index (κ3) is 21.0. The SMILES string of the molecule is [2H]N(C(=O)c1sccc1S(=O)(=O)N([2H])c1onc(C([2H])([2H])[2H])c1C([2H])([2H])[2H])c1c(C)cc(C)cc1C(C)=O.[2H]N(C(=O)c1sccc1S(=O)(=O)N([2H])c1onc(C([2H])([2H])[2H])c1C)c1c(C)cc(C)cc1C(C)=O.[2H]N(C(=O)c1sccc1S(=O)(=O)N([2H])c1onc(C)c1C([2H])([2H])[2H])c1c(C(C)=O)cc(C([2H])([2H])[2H])cc1C([2H])([2H])[2H].[2H]N(C(=O)c1sccc1S(=O)(=O)N([2H])c1onc(C)c1C)c1c(C(C)=O)cc(C([2H])([2H])[2H])cc1C([2H])([2H])[2H]. The average molecular weight is 1820 g/mol. The van der Waals surface area contributed by atoms with E-state index in [1.165, 1.54) is 69.8 Å². The first kappa shape index (κ1) is 56.5. The summed E-state index contributed by atoms with van der Waals surface area (Å²) >= 11 is 2.46. The summed E-state index contributed by atoms with van der Waals surface area (Å²) in [6.45, 7) is -7.06. The van der Waals surface area contributed by atoms with Gasteiger partial charge in [0.2, 0.25) is 23.5 Å². The van der Waals surface area contributed by atoms with Crippen LogP contribution < -0.4 is 40.1 Å². The number of Topliss-reactive ketones (excluding diaryl/α,β-unsaturated/α-hetero) is 4. The number of sulfonamides is 4. The molecule has 12 aromatic rings. The van der Waals surface area contributed by atoms with Gasteiger partial charge in [0.1, 0.15) is 39.1 Å². The van der Waals surface area contributed by atoms with E-state index in [4.69, 9.17) is 62.3 Å². The van der Waals surface area contributed by atoms with Crippen LogP contribution in [0.2, 0.25) is 11.3 Å². The minimum atomic E-state index is -5.06. The van der Waals surface area contributed by atoms with Crippen LogP contribution in [-0.4, -0.2) is 101 Å². The van der Waals surface area contributed by atoms with E-state index in [2.05, 4.69) is 20.6 Å². The Morgan fingerprint density at radius 2 is 0.558 bits per heavy atom. The van der Waals surface area contributed by atoms with Gasteiger partial charge in [0.25, 0.3) is 63.7 Å². The lowest BCUT2D eigenvalue weighted by Crippen LogP contribution is -2.20. The highest BCUT2D eigenvalue weighted by atomic mass is 32.2. The van der Waals surface area contributed by atoms with Crippen LogP contribution in [0.15, 0.2) is 132 Å². The molecule has 0 bridgehead atoms. The van der Waals surface area contributed by atoms with Crippen LogP contribution in [0, 0.1) is 110 Å². The summed E-state index contributed by atoms with van der Waals surface area (Å²) < 4.78 is 375. The second-order valence-corrected chi connectivity index (χ2v) is 35.2. The average Bonchev–Trinajstić information content (AvgIpc) is 1.53. The zero-order chi connectivity index (χ0) is 116. The standard InChI is InChI=1S/4C20H21N3O5S2/c4*1-10-8-11(2)17(15(9-10)14(5)24)21-19(25)18-16(6-7-29-18)30(26,27)23-20-12(3)13(4)22-28-20/h4*6-9,23H,1-5H3,(H,21,25)/i1D3,2D3,3D3;3D3,4D3;1D3,2D3;4D3/hD8. The smallest absolute Gasteiger partial charge is 0.267 e. The first-order valence-electron chi connectivity index (χ1n) is 49.1. The van der Waals surface area contributed by atoms with Crippen LogP contribution in [0.25, 0.3) is 0 Å². The second-order valence-electron chi connectivity index (χ2n) is 25.2. The van der Waals surface area contributed by atoms with Crippen LogP contribution >= 0.6 is 45.3 Å². The van der Waals surface area contributed by atoms with Crippen molar-refractivity contribution in [3.05, 3.63) is 226 Å². The summed E-state index contributed by atoms with van der Waals surface area (Å²) in [5, 5.41) is 19.3. The second kappa shape index (κ2) is 37.2. The molecule has 0 unspecified atom stereocenters. The fraction of sp³-hybridized carbons (Fsp3) is 0.250. The van der Waals surface area contributed by atoms with Gasteiger partial charge in [-0.1, -0.05) is 44.9 Å². The van der Waals surface area contributed by atoms with Gasteiger partial charge in [-0.15, -0.1) is 45.3 Å². The molecule has 4 aromatic carbocycles. The van der Waals surface area contributed by atoms with Gasteiger partial charge < -0.3 is 39.3 Å². The summed E-state index contributed by atoms with van der Waals surface area (Å²) in [4.78, 5) is 97.6. The molecule has 632 valence electrons. The number of thiophene rings is 4. The predicted molar refractivity (Wildman–Crippen MR) is 460 cm³/mol. The maximum atomic E-state index is 13.5. The molecule has 0 aliphatic heterocycles. The van der Waals surface area contributed by atoms with Crippen molar-refractivity contribution in [2.45, 2.75) is 157 Å². The zero-order valence-corrected chi connectivity index (χ0v) is 70.6. The predicted octanol–water partition coefficient (Wildman–Crippen LogP) is 16.9. The first-order chi connectivity index (χ1) is 69.2. The lowest BCUT2D eigenvalue weighted by Gasteiger charge is -2.14. The molecule has 8 N–H and O–H groups in total. The zero-order valence-electron chi connectivity index (χ0n) is 96.0. The Balaban J connectivity index is 0.000000225. The number of nitrogens with one attached hydrogen (secondary N) is 8. The molecular weight excluding hydrogens is 1710 g/mol. The van der Waals surface area contributed by atoms with Crippen molar-refractivity contribution >= 4 is 178 Å². The van der Waals surface area contributed by atoms with Crippen molar-refractivity contribution in [2.24, 2.45) is 0 Å². The van der Waals surface area contributed by atoms with Crippen LogP contribution in [0.4, 0.5) is 46.3 Å². The highest BCUT2D eigenvalue weighted by Crippen LogP contribution is 2.36. The highest BCUT2D eigenvalue weighted by molar-refractivity contribution is 7.94. The van der Waals surface area contributed by atoms with Gasteiger partial charge >= 0.3 is 0 Å². The molecule has 0 saturated heterocycles. The summed E-state index contributed by atoms with van der Waals surface area (Å²) in [6, 6.07) is 13.5. The van der Waals surface area contributed by atoms with E-state index in [1.54, 1.807) is 39.8 Å². The largest absolute Gasteiger partial charge is 0.337 e. The molecule has 120 heavy (non-hydrogen) atoms. The number of ketones is 4. The van der Waals surface area contributed by atoms with Gasteiger partial charge in [0.05, 0.1) is 45.5 Å². The number of anilines is 8. The molecule has 40 heteroatoms. The Labute approximate surface area is 753 Å². The number of amides is 4. The lowest BCUT2D eigenvalue weighted by molar-refractivity contribution is 0.100. The molecule has 0 fully saturated rings. The van der Waals surface area contributed by atoms with E-state index in [0.717, 1.165) is 84.7 Å². The number of carbonyl (C=O) groups excluding carboxylic acids is 8.